The highest BCUT2D eigenvalue weighted by Crippen LogP contribution is 2.34. The van der Waals surface area contributed by atoms with Crippen molar-refractivity contribution in [1.29, 1.82) is 0 Å². The van der Waals surface area contributed by atoms with Gasteiger partial charge in [-0.25, -0.2) is 31.0 Å². The van der Waals surface area contributed by atoms with E-state index in [1.54, 1.807) is 5.38 Å². The summed E-state index contributed by atoms with van der Waals surface area (Å²) in [5.74, 6) is -0.863. The minimum atomic E-state index is -3.90. The fraction of sp³-hybridized carbons (Fsp3) is 0.188. The highest BCUT2D eigenvalue weighted by Gasteiger charge is 2.28. The van der Waals surface area contributed by atoms with Crippen LogP contribution in [0.15, 0.2) is 40.7 Å². The lowest BCUT2D eigenvalue weighted by molar-refractivity contribution is -0.117. The van der Waals surface area contributed by atoms with Gasteiger partial charge in [-0.05, 0) is 24.3 Å². The van der Waals surface area contributed by atoms with Gasteiger partial charge < -0.3 is 5.32 Å². The van der Waals surface area contributed by atoms with Crippen molar-refractivity contribution < 1.29 is 30.8 Å². The molecule has 2 N–H and O–H groups in total. The molecule has 0 aliphatic rings. The normalized spacial score (nSPS) is 11.8. The van der Waals surface area contributed by atoms with Crippen molar-refractivity contribution in [2.45, 2.75) is 24.3 Å². The minimum absolute atomic E-state index is 0.110. The maximum absolute atomic E-state index is 13.1. The predicted molar refractivity (Wildman–Crippen MR) is 105 cm³/mol. The van der Waals surface area contributed by atoms with Crippen LogP contribution in [0, 0.1) is 0 Å². The zero-order valence-electron chi connectivity index (χ0n) is 15.1. The van der Waals surface area contributed by atoms with Crippen LogP contribution in [-0.4, -0.2) is 29.1 Å². The molecule has 2 aromatic heterocycles. The third kappa shape index (κ3) is 5.32. The van der Waals surface area contributed by atoms with Crippen molar-refractivity contribution in [1.82, 2.24) is 14.8 Å². The van der Waals surface area contributed by atoms with E-state index in [4.69, 9.17) is 11.6 Å². The molecule has 2 heterocycles. The zero-order valence-corrected chi connectivity index (χ0v) is 17.5. The minimum Gasteiger partial charge on any atom is -0.324 e. The smallest absolute Gasteiger partial charge is 0.283 e. The molecular weight excluding hydrogens is 486 g/mol. The molecule has 3 aromatic rings. The summed E-state index contributed by atoms with van der Waals surface area (Å²) in [6, 6.07) is 4.94. The standard InChI is InChI=1S/C16H12ClF4N5O3S2/c17-11-12(14(18)19)24-26(13(11)15(20)21)7-10(27)23-8-1-3-9(4-2-8)31(28,29)25-16-22-5-6-30-16/h1-6,14-15H,7H2,(H,22,25)(H,23,27). The number of benzene rings is 1. The molecular formula is C16H12ClF4N5O3S2. The van der Waals surface area contributed by atoms with Crippen LogP contribution >= 0.6 is 22.9 Å². The number of alkyl halides is 4. The molecule has 8 nitrogen and oxygen atoms in total. The number of amides is 1. The second-order valence-corrected chi connectivity index (χ2v) is 8.81. The summed E-state index contributed by atoms with van der Waals surface area (Å²) in [6.45, 7) is -0.808. The number of rotatable bonds is 8. The Labute approximate surface area is 181 Å². The predicted octanol–water partition coefficient (Wildman–Crippen LogP) is 4.31. The Morgan fingerprint density at radius 1 is 1.16 bits per heavy atom. The van der Waals surface area contributed by atoms with Gasteiger partial charge in [0.05, 0.1) is 9.92 Å². The van der Waals surface area contributed by atoms with E-state index in [1.807, 2.05) is 0 Å². The molecule has 0 atom stereocenters. The first-order valence-corrected chi connectivity index (χ1v) is 11.0. The fourth-order valence-electron chi connectivity index (χ4n) is 2.44. The van der Waals surface area contributed by atoms with Crippen LogP contribution in [0.4, 0.5) is 28.4 Å². The Kier molecular flexibility index (Phi) is 6.81. The zero-order chi connectivity index (χ0) is 22.8. The Morgan fingerprint density at radius 2 is 1.84 bits per heavy atom. The van der Waals surface area contributed by atoms with E-state index >= 15 is 0 Å². The van der Waals surface area contributed by atoms with Crippen LogP contribution in [-0.2, 0) is 21.4 Å². The van der Waals surface area contributed by atoms with Gasteiger partial charge in [0.25, 0.3) is 22.9 Å². The molecule has 1 amide bonds. The van der Waals surface area contributed by atoms with Crippen LogP contribution in [0.1, 0.15) is 24.2 Å². The van der Waals surface area contributed by atoms with E-state index < -0.39 is 51.7 Å². The molecule has 0 radical (unpaired) electrons. The van der Waals surface area contributed by atoms with Crippen LogP contribution < -0.4 is 10.0 Å². The summed E-state index contributed by atoms with van der Waals surface area (Å²) in [4.78, 5) is 15.9. The third-order valence-corrected chi connectivity index (χ3v) is 6.33. The molecule has 0 aliphatic carbocycles. The summed E-state index contributed by atoms with van der Waals surface area (Å²) in [6.07, 6.45) is -4.99. The molecule has 166 valence electrons. The average molecular weight is 498 g/mol. The van der Waals surface area contributed by atoms with E-state index in [9.17, 15) is 30.8 Å². The topological polar surface area (TPSA) is 106 Å². The van der Waals surface area contributed by atoms with Crippen molar-refractivity contribution in [3.63, 3.8) is 0 Å². The number of aromatic nitrogens is 3. The van der Waals surface area contributed by atoms with Gasteiger partial charge in [0.15, 0.2) is 5.13 Å². The number of halogens is 5. The molecule has 0 bridgehead atoms. The Bertz CT molecular complexity index is 1170. The molecule has 3 rings (SSSR count). The molecule has 0 aliphatic heterocycles. The lowest BCUT2D eigenvalue weighted by atomic mass is 10.3. The van der Waals surface area contributed by atoms with Gasteiger partial charge in [0.1, 0.15) is 17.9 Å². The molecule has 0 fully saturated rings. The maximum atomic E-state index is 13.1. The first kappa shape index (κ1) is 23.0. The van der Waals surface area contributed by atoms with Crippen LogP contribution in [0.5, 0.6) is 0 Å². The summed E-state index contributed by atoms with van der Waals surface area (Å²) in [5, 5.41) is 6.50. The molecule has 0 unspecified atom stereocenters. The Balaban J connectivity index is 1.71. The first-order valence-electron chi connectivity index (χ1n) is 8.23. The van der Waals surface area contributed by atoms with E-state index in [1.165, 1.54) is 30.5 Å². The van der Waals surface area contributed by atoms with Gasteiger partial charge in [0, 0.05) is 17.3 Å². The molecule has 15 heteroatoms. The molecule has 0 saturated carbocycles. The maximum Gasteiger partial charge on any atom is 0.283 e. The summed E-state index contributed by atoms with van der Waals surface area (Å²) >= 11 is 6.62. The van der Waals surface area contributed by atoms with E-state index in [0.29, 0.717) is 4.68 Å². The number of hydrogen-bond donors (Lipinski definition) is 2. The Morgan fingerprint density at radius 3 is 2.39 bits per heavy atom. The SMILES string of the molecule is O=C(Cn1nc(C(F)F)c(Cl)c1C(F)F)Nc1ccc(S(=O)(=O)Nc2nccs2)cc1. The largest absolute Gasteiger partial charge is 0.324 e. The third-order valence-electron chi connectivity index (χ3n) is 3.77. The molecule has 0 saturated heterocycles. The van der Waals surface area contributed by atoms with Gasteiger partial charge in [-0.1, -0.05) is 11.6 Å². The summed E-state index contributed by atoms with van der Waals surface area (Å²) in [7, 11) is -3.90. The summed E-state index contributed by atoms with van der Waals surface area (Å²) in [5.41, 5.74) is -1.90. The average Bonchev–Trinajstić information content (AvgIpc) is 3.29. The molecule has 0 spiro atoms. The monoisotopic (exact) mass is 497 g/mol. The molecule has 31 heavy (non-hydrogen) atoms. The van der Waals surface area contributed by atoms with E-state index in [-0.39, 0.29) is 15.7 Å². The van der Waals surface area contributed by atoms with Gasteiger partial charge in [0.2, 0.25) is 5.91 Å². The van der Waals surface area contributed by atoms with Crippen LogP contribution in [0.25, 0.3) is 0 Å². The van der Waals surface area contributed by atoms with Crippen molar-refractivity contribution in [3.8, 4) is 0 Å². The number of sulfonamides is 1. The number of nitrogens with one attached hydrogen (secondary N) is 2. The van der Waals surface area contributed by atoms with Crippen molar-refractivity contribution in [2.24, 2.45) is 0 Å². The van der Waals surface area contributed by atoms with Crippen LogP contribution in [0.2, 0.25) is 5.02 Å². The van der Waals surface area contributed by atoms with Gasteiger partial charge in [-0.3, -0.25) is 14.2 Å². The second kappa shape index (κ2) is 9.20. The van der Waals surface area contributed by atoms with E-state index in [0.717, 1.165) is 11.3 Å². The van der Waals surface area contributed by atoms with Crippen molar-refractivity contribution in [2.75, 3.05) is 10.0 Å². The molecule has 1 aromatic carbocycles. The lowest BCUT2D eigenvalue weighted by Gasteiger charge is -2.09. The number of nitrogens with zero attached hydrogens (tertiary/aromatic N) is 3. The fourth-order valence-corrected chi connectivity index (χ4v) is 4.53. The van der Waals surface area contributed by atoms with Crippen molar-refractivity contribution >= 4 is 49.7 Å². The van der Waals surface area contributed by atoms with Crippen LogP contribution in [0.3, 0.4) is 0 Å². The number of thiazole rings is 1. The number of carbonyl (C=O) groups is 1. The summed E-state index contributed by atoms with van der Waals surface area (Å²) < 4.78 is 79.2. The van der Waals surface area contributed by atoms with Gasteiger partial charge >= 0.3 is 0 Å². The highest BCUT2D eigenvalue weighted by atomic mass is 35.5. The van der Waals surface area contributed by atoms with Gasteiger partial charge in [-0.15, -0.1) is 11.3 Å². The Hall–Kier alpha value is -2.71. The first-order chi connectivity index (χ1) is 14.6. The van der Waals surface area contributed by atoms with E-state index in [2.05, 4.69) is 20.1 Å². The highest BCUT2D eigenvalue weighted by molar-refractivity contribution is 7.93. The quantitative estimate of drug-likeness (QED) is 0.451. The number of anilines is 2. The second-order valence-electron chi connectivity index (χ2n) is 5.86. The van der Waals surface area contributed by atoms with Crippen molar-refractivity contribution in [3.05, 3.63) is 52.3 Å². The lowest BCUT2D eigenvalue weighted by Crippen LogP contribution is -2.21. The van der Waals surface area contributed by atoms with Gasteiger partial charge in [-0.2, -0.15) is 5.10 Å². The number of hydrogen-bond acceptors (Lipinski definition) is 6. The number of carbonyl (C=O) groups excluding carboxylic acids is 1.